The van der Waals surface area contributed by atoms with Gasteiger partial charge in [0, 0.05) is 13.1 Å². The van der Waals surface area contributed by atoms with Crippen LogP contribution in [0.2, 0.25) is 0 Å². The Labute approximate surface area is 89.9 Å². The molecule has 4 heteroatoms. The van der Waals surface area contributed by atoms with Gasteiger partial charge in [-0.15, -0.1) is 0 Å². The predicted molar refractivity (Wildman–Crippen MR) is 55.7 cm³/mol. The van der Waals surface area contributed by atoms with Crippen molar-refractivity contribution in [3.63, 3.8) is 0 Å². The number of likely N-dealkylation sites (tertiary alicyclic amines) is 1. The minimum absolute atomic E-state index is 0.117. The summed E-state index contributed by atoms with van der Waals surface area (Å²) in [5.74, 6) is 0. The Kier molecular flexibility index (Phi) is 2.87. The number of aliphatic hydroxyl groups excluding tert-OH is 1. The van der Waals surface area contributed by atoms with Crippen LogP contribution >= 0.6 is 0 Å². The first-order chi connectivity index (χ1) is 7.11. The van der Waals surface area contributed by atoms with Gasteiger partial charge in [0.25, 0.3) is 0 Å². The molecule has 0 aromatic rings. The lowest BCUT2D eigenvalue weighted by atomic mass is 9.67. The molecule has 0 aromatic carbocycles. The molecule has 2 aliphatic rings. The molecule has 1 aliphatic heterocycles. The van der Waals surface area contributed by atoms with Crippen LogP contribution in [0.25, 0.3) is 0 Å². The number of aliphatic hydroxyl groups is 1. The van der Waals surface area contributed by atoms with Crippen molar-refractivity contribution in [3.05, 3.63) is 0 Å². The number of piperidine rings is 1. The van der Waals surface area contributed by atoms with Crippen LogP contribution in [0.3, 0.4) is 0 Å². The topological polar surface area (TPSA) is 60.8 Å². The van der Waals surface area contributed by atoms with Gasteiger partial charge in [0.15, 0.2) is 0 Å². The molecule has 4 nitrogen and oxygen atoms in total. The number of hydrogen-bond donors (Lipinski definition) is 2. The van der Waals surface area contributed by atoms with Gasteiger partial charge < -0.3 is 15.1 Å². The monoisotopic (exact) mass is 213 g/mol. The largest absolute Gasteiger partial charge is 0.465 e. The van der Waals surface area contributed by atoms with Gasteiger partial charge in [-0.3, -0.25) is 0 Å². The summed E-state index contributed by atoms with van der Waals surface area (Å²) in [6.45, 7) is 1.34. The molecule has 0 aromatic heterocycles. The normalized spacial score (nSPS) is 26.9. The maximum absolute atomic E-state index is 10.8. The lowest BCUT2D eigenvalue weighted by molar-refractivity contribution is 0.0194. The van der Waals surface area contributed by atoms with E-state index in [1.54, 1.807) is 0 Å². The zero-order valence-electron chi connectivity index (χ0n) is 8.98. The molecule has 0 atom stereocenters. The van der Waals surface area contributed by atoms with Crippen LogP contribution in [0.15, 0.2) is 0 Å². The quantitative estimate of drug-likeness (QED) is 0.643. The Morgan fingerprint density at radius 1 is 1.13 bits per heavy atom. The Hall–Kier alpha value is -0.770. The summed E-state index contributed by atoms with van der Waals surface area (Å²) in [6.07, 6.45) is 4.98. The van der Waals surface area contributed by atoms with Crippen molar-refractivity contribution in [1.82, 2.24) is 4.90 Å². The molecule has 1 spiro atoms. The molecular formula is C11H19NO3. The van der Waals surface area contributed by atoms with Gasteiger partial charge in [0.1, 0.15) is 0 Å². The fourth-order valence-electron chi connectivity index (χ4n) is 2.89. The fourth-order valence-corrected chi connectivity index (χ4v) is 2.89. The van der Waals surface area contributed by atoms with Crippen LogP contribution in [0.4, 0.5) is 4.79 Å². The highest BCUT2D eigenvalue weighted by Gasteiger charge is 2.38. The van der Waals surface area contributed by atoms with E-state index in [2.05, 4.69) is 0 Å². The van der Waals surface area contributed by atoms with E-state index < -0.39 is 6.09 Å². The highest BCUT2D eigenvalue weighted by atomic mass is 16.4. The molecule has 2 fully saturated rings. The molecule has 1 heterocycles. The summed E-state index contributed by atoms with van der Waals surface area (Å²) < 4.78 is 0. The van der Waals surface area contributed by atoms with Crippen LogP contribution < -0.4 is 0 Å². The number of amides is 1. The summed E-state index contributed by atoms with van der Waals surface area (Å²) in [5, 5.41) is 18.3. The second-order valence-electron chi connectivity index (χ2n) is 5.00. The van der Waals surface area contributed by atoms with Gasteiger partial charge in [-0.25, -0.2) is 4.79 Å². The Bertz CT molecular complexity index is 236. The third-order valence-corrected chi connectivity index (χ3v) is 4.11. The first-order valence-corrected chi connectivity index (χ1v) is 5.77. The molecular weight excluding hydrogens is 194 g/mol. The minimum Gasteiger partial charge on any atom is -0.465 e. The van der Waals surface area contributed by atoms with E-state index in [0.29, 0.717) is 18.5 Å². The number of carbonyl (C=O) groups is 1. The van der Waals surface area contributed by atoms with Crippen molar-refractivity contribution in [1.29, 1.82) is 0 Å². The second-order valence-corrected chi connectivity index (χ2v) is 5.00. The van der Waals surface area contributed by atoms with Gasteiger partial charge in [-0.2, -0.15) is 0 Å². The van der Waals surface area contributed by atoms with Crippen molar-refractivity contribution in [2.24, 2.45) is 5.41 Å². The van der Waals surface area contributed by atoms with E-state index in [1.165, 1.54) is 4.90 Å². The van der Waals surface area contributed by atoms with Crippen LogP contribution in [0.5, 0.6) is 0 Å². The first kappa shape index (κ1) is 10.7. The van der Waals surface area contributed by atoms with Gasteiger partial charge in [-0.05, 0) is 43.9 Å². The van der Waals surface area contributed by atoms with E-state index in [0.717, 1.165) is 38.5 Å². The predicted octanol–water partition coefficient (Wildman–Crippen LogP) is 1.68. The third kappa shape index (κ3) is 2.25. The third-order valence-electron chi connectivity index (χ3n) is 4.11. The molecule has 1 aliphatic carbocycles. The summed E-state index contributed by atoms with van der Waals surface area (Å²) in [5.41, 5.74) is 0.338. The van der Waals surface area contributed by atoms with Crippen LogP contribution in [0.1, 0.15) is 38.5 Å². The van der Waals surface area contributed by atoms with Crippen molar-refractivity contribution in [2.75, 3.05) is 13.1 Å². The number of nitrogens with zero attached hydrogens (tertiary/aromatic N) is 1. The van der Waals surface area contributed by atoms with Gasteiger partial charge in [-0.1, -0.05) is 0 Å². The van der Waals surface area contributed by atoms with E-state index in [9.17, 15) is 9.90 Å². The second kappa shape index (κ2) is 4.00. The van der Waals surface area contributed by atoms with Crippen molar-refractivity contribution < 1.29 is 15.0 Å². The summed E-state index contributed by atoms with van der Waals surface area (Å²) in [7, 11) is 0. The summed E-state index contributed by atoms with van der Waals surface area (Å²) in [6, 6.07) is 0. The molecule has 0 bridgehead atoms. The van der Waals surface area contributed by atoms with Crippen LogP contribution in [0, 0.1) is 5.41 Å². The maximum Gasteiger partial charge on any atom is 0.407 e. The molecule has 2 N–H and O–H groups in total. The molecule has 1 saturated heterocycles. The average molecular weight is 213 g/mol. The minimum atomic E-state index is -0.791. The van der Waals surface area contributed by atoms with E-state index >= 15 is 0 Å². The zero-order chi connectivity index (χ0) is 10.9. The highest BCUT2D eigenvalue weighted by molar-refractivity contribution is 5.65. The van der Waals surface area contributed by atoms with Crippen molar-refractivity contribution in [3.8, 4) is 0 Å². The van der Waals surface area contributed by atoms with Gasteiger partial charge in [0.05, 0.1) is 6.10 Å². The Morgan fingerprint density at radius 3 is 2.13 bits per heavy atom. The Balaban J connectivity index is 1.89. The fraction of sp³-hybridized carbons (Fsp3) is 0.909. The lowest BCUT2D eigenvalue weighted by Crippen LogP contribution is -2.44. The van der Waals surface area contributed by atoms with Gasteiger partial charge in [0.2, 0.25) is 0 Å². The highest BCUT2D eigenvalue weighted by Crippen LogP contribution is 2.44. The number of carboxylic acid groups (broad SMARTS) is 1. The van der Waals surface area contributed by atoms with E-state index in [1.807, 2.05) is 0 Å². The van der Waals surface area contributed by atoms with E-state index in [-0.39, 0.29) is 6.10 Å². The smallest absolute Gasteiger partial charge is 0.407 e. The van der Waals surface area contributed by atoms with Gasteiger partial charge >= 0.3 is 6.09 Å². The molecule has 2 rings (SSSR count). The molecule has 1 saturated carbocycles. The lowest BCUT2D eigenvalue weighted by Gasteiger charge is -2.44. The van der Waals surface area contributed by atoms with Crippen LogP contribution in [-0.4, -0.2) is 40.4 Å². The van der Waals surface area contributed by atoms with Crippen LogP contribution in [-0.2, 0) is 0 Å². The molecule has 1 amide bonds. The summed E-state index contributed by atoms with van der Waals surface area (Å²) >= 11 is 0. The molecule has 15 heavy (non-hydrogen) atoms. The zero-order valence-corrected chi connectivity index (χ0v) is 8.98. The maximum atomic E-state index is 10.8. The molecule has 0 unspecified atom stereocenters. The SMILES string of the molecule is O=C(O)N1CCC2(CCC(O)CC2)CC1. The van der Waals surface area contributed by atoms with Crippen molar-refractivity contribution >= 4 is 6.09 Å². The Morgan fingerprint density at radius 2 is 1.67 bits per heavy atom. The van der Waals surface area contributed by atoms with Crippen molar-refractivity contribution in [2.45, 2.75) is 44.6 Å². The summed E-state index contributed by atoms with van der Waals surface area (Å²) in [4.78, 5) is 12.3. The number of rotatable bonds is 0. The number of hydrogen-bond acceptors (Lipinski definition) is 2. The van der Waals surface area contributed by atoms with E-state index in [4.69, 9.17) is 5.11 Å². The average Bonchev–Trinajstić information content (AvgIpc) is 2.24. The molecule has 86 valence electrons. The standard InChI is InChI=1S/C11H19NO3/c13-9-1-3-11(4-2-9)5-7-12(8-6-11)10(14)15/h9,13H,1-8H2,(H,14,15). The molecule has 0 radical (unpaired) electrons. The first-order valence-electron chi connectivity index (χ1n) is 5.77.